The van der Waals surface area contributed by atoms with Crippen LogP contribution in [0, 0.1) is 27.7 Å². The standard InChI is InChI=1S/C76H52N2O2/c1-45-29-33-51-35-31-47(3)73(63(51)41-45)77(65-25-15-23-57-53-21-11-13-27-69(53)79-75(57)65)67-43-61(49-17-7-5-8-18-49)55-38-40-60-68(44-62(50-19-9-6-10-20-50)56-37-39-59(67)71(55)72(56)60)78(74-48(4)32-36-52-34-30-46(2)42-64(52)74)66-26-16-24-58-54-22-12-14-28-70(54)80-76(58)66/h5-44H,1-4H3. The molecule has 0 amide bonds. The van der Waals surface area contributed by atoms with E-state index in [0.717, 1.165) is 122 Å². The highest BCUT2D eigenvalue weighted by Gasteiger charge is 2.30. The first-order chi connectivity index (χ1) is 39.3. The SMILES string of the molecule is Cc1ccc2ccc(C)c(N(c3cc(-c4ccccc4)c4ccc5c(N(c6c(C)ccc7ccc(C)cc67)c6cccc7c6oc6ccccc67)cc(-c6ccccc6)c6ccc3c4c65)c3cccc4c3oc3ccccc34)c2c1. The van der Waals surface area contributed by atoms with E-state index < -0.39 is 0 Å². The lowest BCUT2D eigenvalue weighted by atomic mass is 9.85. The van der Waals surface area contributed by atoms with E-state index in [1.54, 1.807) is 0 Å². The molecule has 2 aromatic heterocycles. The molecule has 0 unspecified atom stereocenters. The highest BCUT2D eigenvalue weighted by molar-refractivity contribution is 6.33. The number of benzene rings is 14. The quantitative estimate of drug-likeness (QED) is 0.142. The summed E-state index contributed by atoms with van der Waals surface area (Å²) in [6.07, 6.45) is 0. The van der Waals surface area contributed by atoms with Crippen LogP contribution >= 0.6 is 0 Å². The van der Waals surface area contributed by atoms with Gasteiger partial charge in [0.05, 0.1) is 34.1 Å². The molecule has 0 spiro atoms. The third kappa shape index (κ3) is 6.88. The van der Waals surface area contributed by atoms with Gasteiger partial charge in [0.25, 0.3) is 0 Å². The lowest BCUT2D eigenvalue weighted by Crippen LogP contribution is -2.14. The normalized spacial score (nSPS) is 12.0. The second-order valence-corrected chi connectivity index (χ2v) is 21.8. The van der Waals surface area contributed by atoms with Gasteiger partial charge in [-0.3, -0.25) is 0 Å². The Balaban J connectivity index is 1.10. The van der Waals surface area contributed by atoms with Crippen LogP contribution in [0.15, 0.2) is 251 Å². The number of fused-ring (bicyclic) bond motifs is 8. The molecule has 0 saturated heterocycles. The average molecular weight is 1030 g/mol. The molecule has 378 valence electrons. The molecule has 0 aliphatic carbocycles. The van der Waals surface area contributed by atoms with Crippen molar-refractivity contribution in [3.05, 3.63) is 265 Å². The summed E-state index contributed by atoms with van der Waals surface area (Å²) in [4.78, 5) is 5.05. The monoisotopic (exact) mass is 1020 g/mol. The fourth-order valence-corrected chi connectivity index (χ4v) is 13.2. The number of nitrogens with zero attached hydrogens (tertiary/aromatic N) is 2. The fourth-order valence-electron chi connectivity index (χ4n) is 13.2. The minimum absolute atomic E-state index is 0.842. The van der Waals surface area contributed by atoms with Crippen LogP contribution in [0.25, 0.3) is 120 Å². The first-order valence-electron chi connectivity index (χ1n) is 27.6. The molecule has 0 saturated carbocycles. The molecule has 2 heterocycles. The summed E-state index contributed by atoms with van der Waals surface area (Å²) in [7, 11) is 0. The third-order valence-corrected chi connectivity index (χ3v) is 16.9. The number of para-hydroxylation sites is 4. The lowest BCUT2D eigenvalue weighted by molar-refractivity contribution is 0.669. The highest BCUT2D eigenvalue weighted by Crippen LogP contribution is 2.56. The number of furan rings is 2. The van der Waals surface area contributed by atoms with Gasteiger partial charge in [-0.2, -0.15) is 0 Å². The zero-order chi connectivity index (χ0) is 53.3. The molecule has 0 aliphatic rings. The second-order valence-electron chi connectivity index (χ2n) is 21.8. The zero-order valence-corrected chi connectivity index (χ0v) is 44.8. The summed E-state index contributed by atoms with van der Waals surface area (Å²) in [5.41, 5.74) is 19.0. The average Bonchev–Trinajstić information content (AvgIpc) is 4.20. The van der Waals surface area contributed by atoms with Crippen molar-refractivity contribution in [1.82, 2.24) is 0 Å². The Labute approximate surface area is 462 Å². The summed E-state index contributed by atoms with van der Waals surface area (Å²) in [6, 6.07) is 89.2. The van der Waals surface area contributed by atoms with Crippen LogP contribution in [0.2, 0.25) is 0 Å². The van der Waals surface area contributed by atoms with Gasteiger partial charge in [-0.15, -0.1) is 0 Å². The van der Waals surface area contributed by atoms with Crippen molar-refractivity contribution < 1.29 is 8.83 Å². The van der Waals surface area contributed by atoms with Gasteiger partial charge in [0.2, 0.25) is 0 Å². The zero-order valence-electron chi connectivity index (χ0n) is 44.8. The molecule has 14 aromatic carbocycles. The summed E-state index contributed by atoms with van der Waals surface area (Å²) < 4.78 is 14.1. The number of rotatable bonds is 8. The molecular formula is C76H52N2O2. The fraction of sp³-hybridized carbons (Fsp3) is 0.0526. The van der Waals surface area contributed by atoms with Crippen molar-refractivity contribution in [3.8, 4) is 22.3 Å². The van der Waals surface area contributed by atoms with Crippen LogP contribution < -0.4 is 9.80 Å². The maximum atomic E-state index is 7.06. The van der Waals surface area contributed by atoms with Gasteiger partial charge < -0.3 is 18.6 Å². The van der Waals surface area contributed by atoms with Crippen molar-refractivity contribution in [2.45, 2.75) is 27.7 Å². The number of aryl methyl sites for hydroxylation is 4. The van der Waals surface area contributed by atoms with E-state index in [0.29, 0.717) is 0 Å². The van der Waals surface area contributed by atoms with E-state index in [4.69, 9.17) is 8.83 Å². The predicted octanol–water partition coefficient (Wildman–Crippen LogP) is 22.2. The Hall–Kier alpha value is -10.2. The first kappa shape index (κ1) is 46.0. The molecule has 80 heavy (non-hydrogen) atoms. The van der Waals surface area contributed by atoms with Crippen LogP contribution in [0.1, 0.15) is 22.3 Å². The van der Waals surface area contributed by atoms with E-state index in [2.05, 4.69) is 280 Å². The Morgan fingerprint density at radius 2 is 0.662 bits per heavy atom. The minimum Gasteiger partial charge on any atom is -0.454 e. The predicted molar refractivity (Wildman–Crippen MR) is 339 cm³/mol. The molecule has 0 fully saturated rings. The highest BCUT2D eigenvalue weighted by atomic mass is 16.3. The van der Waals surface area contributed by atoms with Crippen molar-refractivity contribution in [2.24, 2.45) is 0 Å². The maximum absolute atomic E-state index is 7.06. The molecular weight excluding hydrogens is 973 g/mol. The summed E-state index contributed by atoms with van der Waals surface area (Å²) in [5, 5.41) is 16.1. The Bertz CT molecular complexity index is 4850. The maximum Gasteiger partial charge on any atom is 0.159 e. The van der Waals surface area contributed by atoms with Gasteiger partial charge in [-0.05, 0) is 131 Å². The van der Waals surface area contributed by atoms with E-state index in [9.17, 15) is 0 Å². The van der Waals surface area contributed by atoms with Crippen molar-refractivity contribution in [3.63, 3.8) is 0 Å². The molecule has 16 aromatic rings. The molecule has 0 atom stereocenters. The van der Waals surface area contributed by atoms with Gasteiger partial charge in [-0.25, -0.2) is 0 Å². The third-order valence-electron chi connectivity index (χ3n) is 16.9. The topological polar surface area (TPSA) is 32.8 Å². The Morgan fingerprint density at radius 3 is 1.11 bits per heavy atom. The minimum atomic E-state index is 0.842. The largest absolute Gasteiger partial charge is 0.454 e. The molecule has 0 radical (unpaired) electrons. The van der Waals surface area contributed by atoms with Crippen LogP contribution in [0.3, 0.4) is 0 Å². The van der Waals surface area contributed by atoms with Crippen LogP contribution in [0.4, 0.5) is 34.1 Å². The molecule has 4 nitrogen and oxygen atoms in total. The summed E-state index contributed by atoms with van der Waals surface area (Å²) >= 11 is 0. The van der Waals surface area contributed by atoms with Gasteiger partial charge >= 0.3 is 0 Å². The Morgan fingerprint density at radius 1 is 0.275 bits per heavy atom. The number of anilines is 6. The molecule has 0 bridgehead atoms. The van der Waals surface area contributed by atoms with Crippen molar-refractivity contribution in [2.75, 3.05) is 9.80 Å². The van der Waals surface area contributed by atoms with Gasteiger partial charge in [-0.1, -0.05) is 205 Å². The van der Waals surface area contributed by atoms with E-state index in [1.807, 2.05) is 0 Å². The number of hydrogen-bond donors (Lipinski definition) is 0. The first-order valence-corrected chi connectivity index (χ1v) is 27.6. The molecule has 4 heteroatoms. The van der Waals surface area contributed by atoms with E-state index in [1.165, 1.54) is 54.2 Å². The lowest BCUT2D eigenvalue weighted by Gasteiger charge is -2.33. The van der Waals surface area contributed by atoms with Crippen LogP contribution in [-0.2, 0) is 0 Å². The summed E-state index contributed by atoms with van der Waals surface area (Å²) in [5.74, 6) is 0. The molecule has 16 rings (SSSR count). The van der Waals surface area contributed by atoms with Crippen LogP contribution in [-0.4, -0.2) is 0 Å². The van der Waals surface area contributed by atoms with Gasteiger partial charge in [0.15, 0.2) is 11.2 Å². The Kier molecular flexibility index (Phi) is 10.2. The van der Waals surface area contributed by atoms with E-state index >= 15 is 0 Å². The summed E-state index contributed by atoms with van der Waals surface area (Å²) in [6.45, 7) is 8.90. The second kappa shape index (κ2) is 17.7. The van der Waals surface area contributed by atoms with Crippen molar-refractivity contribution in [1.29, 1.82) is 0 Å². The number of hydrogen-bond acceptors (Lipinski definition) is 4. The molecule has 0 aliphatic heterocycles. The van der Waals surface area contributed by atoms with Gasteiger partial charge in [0.1, 0.15) is 11.2 Å². The van der Waals surface area contributed by atoms with Crippen LogP contribution in [0.5, 0.6) is 0 Å². The molecule has 0 N–H and O–H groups in total. The smallest absolute Gasteiger partial charge is 0.159 e. The van der Waals surface area contributed by atoms with E-state index in [-0.39, 0.29) is 0 Å². The van der Waals surface area contributed by atoms with Gasteiger partial charge in [0, 0.05) is 53.9 Å². The van der Waals surface area contributed by atoms with Crippen molar-refractivity contribution >= 4 is 132 Å².